The molecule has 13 heavy (non-hydrogen) atoms. The summed E-state index contributed by atoms with van der Waals surface area (Å²) in [4.78, 5) is 2.44. The Morgan fingerprint density at radius 2 is 1.62 bits per heavy atom. The second-order valence-corrected chi connectivity index (χ2v) is 4.22. The quantitative estimate of drug-likeness (QED) is 0.719. The van der Waals surface area contributed by atoms with Crippen LogP contribution in [0.1, 0.15) is 0 Å². The highest BCUT2D eigenvalue weighted by Crippen LogP contribution is 2.16. The lowest BCUT2D eigenvalue weighted by atomic mass is 10.9. The predicted molar refractivity (Wildman–Crippen MR) is 64.5 cm³/mol. The van der Waals surface area contributed by atoms with Gasteiger partial charge in [0.15, 0.2) is 0 Å². The Hall–Kier alpha value is 0.850. The van der Waals surface area contributed by atoms with Crippen LogP contribution in [0.2, 0.25) is 0 Å². The highest BCUT2D eigenvalue weighted by Gasteiger charge is 2.06. The number of aryl methyl sites for hydroxylation is 1. The smallest absolute Gasteiger partial charge is 0.137 e. The Morgan fingerprint density at radius 3 is 1.69 bits per heavy atom. The first-order valence-corrected chi connectivity index (χ1v) is 4.77. The van der Waals surface area contributed by atoms with Crippen molar-refractivity contribution >= 4 is 63.4 Å². The van der Waals surface area contributed by atoms with E-state index in [1.54, 1.807) is 12.5 Å². The minimum atomic E-state index is -0.673. The van der Waals surface area contributed by atoms with Gasteiger partial charge in [-0.05, 0) is 0 Å². The standard InChI is InChI=1S/C4H6N2.C2H2Cl4.BrH/c1-6-3-2-5-4-6;3-1(4)2(5)6;/h2-4H,1H3;1-2H;1H. The van der Waals surface area contributed by atoms with E-state index in [0.717, 1.165) is 0 Å². The van der Waals surface area contributed by atoms with Gasteiger partial charge in [-0.3, -0.25) is 0 Å². The van der Waals surface area contributed by atoms with E-state index in [-0.39, 0.29) is 17.0 Å². The van der Waals surface area contributed by atoms with Gasteiger partial charge in [-0.1, -0.05) is 0 Å². The molecule has 1 heterocycles. The number of halogens is 5. The first kappa shape index (κ1) is 16.3. The number of hydrogen-bond acceptors (Lipinski definition) is 1. The van der Waals surface area contributed by atoms with Crippen LogP contribution in [0, 0.1) is 0 Å². The fourth-order valence-electron chi connectivity index (χ4n) is 0.326. The number of nitrogens with zero attached hydrogens (tertiary/aromatic N) is 2. The molecule has 0 N–H and O–H groups in total. The summed E-state index contributed by atoms with van der Waals surface area (Å²) >= 11 is 20.5. The first-order chi connectivity index (χ1) is 5.54. The predicted octanol–water partition coefficient (Wildman–Crippen LogP) is 3.59. The summed E-state index contributed by atoms with van der Waals surface area (Å²) in [6.07, 6.45) is 5.39. The molecule has 0 spiro atoms. The van der Waals surface area contributed by atoms with Gasteiger partial charge < -0.3 is 4.57 Å². The maximum atomic E-state index is 5.11. The summed E-state index contributed by atoms with van der Waals surface area (Å²) in [5.41, 5.74) is 0. The molecule has 0 aliphatic carbocycles. The van der Waals surface area contributed by atoms with Crippen molar-refractivity contribution in [2.75, 3.05) is 0 Å². The van der Waals surface area contributed by atoms with Gasteiger partial charge in [0.1, 0.15) is 9.67 Å². The van der Waals surface area contributed by atoms with Crippen molar-refractivity contribution in [1.29, 1.82) is 0 Å². The van der Waals surface area contributed by atoms with Crippen LogP contribution in [0.3, 0.4) is 0 Å². The molecule has 0 aliphatic rings. The molecule has 0 saturated heterocycles. The minimum absolute atomic E-state index is 0. The van der Waals surface area contributed by atoms with Crippen molar-refractivity contribution in [1.82, 2.24) is 9.55 Å². The molecule has 0 saturated carbocycles. The third-order valence-electron chi connectivity index (χ3n) is 0.827. The number of rotatable bonds is 1. The zero-order chi connectivity index (χ0) is 9.56. The van der Waals surface area contributed by atoms with E-state index in [9.17, 15) is 0 Å². The van der Waals surface area contributed by atoms with Gasteiger partial charge in [-0.15, -0.1) is 63.4 Å². The average molecular weight is 331 g/mol. The Bertz CT molecular complexity index is 185. The average Bonchev–Trinajstić information content (AvgIpc) is 2.40. The molecule has 1 aromatic heterocycles. The summed E-state index contributed by atoms with van der Waals surface area (Å²) in [7, 11) is 1.94. The van der Waals surface area contributed by atoms with Crippen molar-refractivity contribution in [3.63, 3.8) is 0 Å². The highest BCUT2D eigenvalue weighted by molar-refractivity contribution is 8.93. The van der Waals surface area contributed by atoms with E-state index in [1.807, 2.05) is 17.8 Å². The Kier molecular flexibility index (Phi) is 11.8. The van der Waals surface area contributed by atoms with E-state index in [1.165, 1.54) is 0 Å². The summed E-state index contributed by atoms with van der Waals surface area (Å²) in [6.45, 7) is 0. The molecular formula is C6H9BrCl4N2. The summed E-state index contributed by atoms with van der Waals surface area (Å²) in [5.74, 6) is 0. The molecule has 1 aromatic rings. The minimum Gasteiger partial charge on any atom is -0.341 e. The topological polar surface area (TPSA) is 17.8 Å². The molecule has 0 fully saturated rings. The van der Waals surface area contributed by atoms with Crippen molar-refractivity contribution < 1.29 is 0 Å². The number of alkyl halides is 4. The van der Waals surface area contributed by atoms with Gasteiger partial charge in [-0.2, -0.15) is 0 Å². The van der Waals surface area contributed by atoms with Crippen LogP contribution in [-0.4, -0.2) is 19.2 Å². The van der Waals surface area contributed by atoms with Crippen LogP contribution >= 0.6 is 63.4 Å². The van der Waals surface area contributed by atoms with Gasteiger partial charge in [0, 0.05) is 19.4 Å². The van der Waals surface area contributed by atoms with Crippen molar-refractivity contribution in [3.05, 3.63) is 18.7 Å². The molecule has 0 unspecified atom stereocenters. The third-order valence-corrected chi connectivity index (χ3v) is 2.35. The van der Waals surface area contributed by atoms with Crippen molar-refractivity contribution in [3.8, 4) is 0 Å². The van der Waals surface area contributed by atoms with Crippen molar-refractivity contribution in [2.24, 2.45) is 7.05 Å². The summed E-state index contributed by atoms with van der Waals surface area (Å²) in [6, 6.07) is 0. The van der Waals surface area contributed by atoms with E-state index in [0.29, 0.717) is 0 Å². The lowest BCUT2D eigenvalue weighted by Crippen LogP contribution is -1.96. The van der Waals surface area contributed by atoms with Crippen LogP contribution in [0.25, 0.3) is 0 Å². The van der Waals surface area contributed by atoms with Crippen LogP contribution < -0.4 is 0 Å². The maximum absolute atomic E-state index is 5.11. The lowest BCUT2D eigenvalue weighted by molar-refractivity contribution is 0.913. The molecule has 78 valence electrons. The molecule has 0 atom stereocenters. The van der Waals surface area contributed by atoms with Gasteiger partial charge in [0.25, 0.3) is 0 Å². The molecular weight excluding hydrogens is 322 g/mol. The van der Waals surface area contributed by atoms with Gasteiger partial charge in [-0.25, -0.2) is 4.98 Å². The van der Waals surface area contributed by atoms with Crippen molar-refractivity contribution in [2.45, 2.75) is 9.67 Å². The van der Waals surface area contributed by atoms with Crippen LogP contribution in [0.15, 0.2) is 18.7 Å². The third kappa shape index (κ3) is 10.8. The SMILES string of the molecule is Br.ClC(Cl)C(Cl)Cl.Cn1ccnc1. The largest absolute Gasteiger partial charge is 0.341 e. The first-order valence-electron chi connectivity index (χ1n) is 3.02. The normalized spacial score (nSPS) is 9.15. The number of hydrogen-bond donors (Lipinski definition) is 0. The fourth-order valence-corrected chi connectivity index (χ4v) is 0.326. The fraction of sp³-hybridized carbons (Fsp3) is 0.500. The second kappa shape index (κ2) is 9.41. The molecule has 2 nitrogen and oxygen atoms in total. The van der Waals surface area contributed by atoms with Crippen LogP contribution in [-0.2, 0) is 7.05 Å². The van der Waals surface area contributed by atoms with Gasteiger partial charge in [0.2, 0.25) is 0 Å². The molecule has 7 heteroatoms. The molecule has 0 amide bonds. The monoisotopic (exact) mass is 328 g/mol. The van der Waals surface area contributed by atoms with E-state index < -0.39 is 9.67 Å². The highest BCUT2D eigenvalue weighted by atomic mass is 79.9. The number of aromatic nitrogens is 2. The molecule has 0 aliphatic heterocycles. The van der Waals surface area contributed by atoms with Crippen LogP contribution in [0.4, 0.5) is 0 Å². The summed E-state index contributed by atoms with van der Waals surface area (Å²) in [5, 5.41) is 0. The van der Waals surface area contributed by atoms with Crippen LogP contribution in [0.5, 0.6) is 0 Å². The van der Waals surface area contributed by atoms with E-state index in [4.69, 9.17) is 46.4 Å². The maximum Gasteiger partial charge on any atom is 0.137 e. The lowest BCUT2D eigenvalue weighted by Gasteiger charge is -1.95. The zero-order valence-electron chi connectivity index (χ0n) is 6.70. The number of imidazole rings is 1. The van der Waals surface area contributed by atoms with Gasteiger partial charge in [0.05, 0.1) is 6.33 Å². The van der Waals surface area contributed by atoms with E-state index >= 15 is 0 Å². The second-order valence-electron chi connectivity index (χ2n) is 1.90. The summed E-state index contributed by atoms with van der Waals surface area (Å²) < 4.78 is 1.89. The Balaban J connectivity index is 0. The molecule has 0 aromatic carbocycles. The van der Waals surface area contributed by atoms with Gasteiger partial charge >= 0.3 is 0 Å². The molecule has 0 radical (unpaired) electrons. The Morgan fingerprint density at radius 1 is 1.15 bits per heavy atom. The molecule has 1 rings (SSSR count). The van der Waals surface area contributed by atoms with E-state index in [2.05, 4.69) is 4.98 Å². The molecule has 0 bridgehead atoms. The Labute approximate surface area is 108 Å². The zero-order valence-corrected chi connectivity index (χ0v) is 11.4.